The van der Waals surface area contributed by atoms with Gasteiger partial charge in [0.15, 0.2) is 0 Å². The Morgan fingerprint density at radius 1 is 1.53 bits per heavy atom. The molecule has 1 atom stereocenters. The number of nitrogens with zero attached hydrogens (tertiary/aromatic N) is 2. The van der Waals surface area contributed by atoms with Crippen molar-refractivity contribution in [3.8, 4) is 0 Å². The highest BCUT2D eigenvalue weighted by atomic mass is 35.5. The molecule has 2 nitrogen and oxygen atoms in total. The average molecular weight is 243 g/mol. The first-order valence-corrected chi connectivity index (χ1v) is 5.53. The first kappa shape index (κ1) is 10.8. The molecule has 1 aromatic rings. The molecule has 4 heteroatoms. The Bertz CT molecular complexity index is 441. The van der Waals surface area contributed by atoms with Crippen LogP contribution in [0.3, 0.4) is 0 Å². The van der Waals surface area contributed by atoms with Crippen LogP contribution in [0.2, 0.25) is 0 Å². The molecule has 1 aliphatic carbocycles. The summed E-state index contributed by atoms with van der Waals surface area (Å²) in [6.07, 6.45) is 8.19. The minimum Gasteiger partial charge on any atom is -0.304 e. The third-order valence-electron chi connectivity index (χ3n) is 2.55. The molecule has 80 valence electrons. The Morgan fingerprint density at radius 2 is 2.27 bits per heavy atom. The minimum atomic E-state index is -0.461. The van der Waals surface area contributed by atoms with Crippen LogP contribution in [-0.2, 0) is 0 Å². The second-order valence-corrected chi connectivity index (χ2v) is 5.15. The topological polar surface area (TPSA) is 17.8 Å². The van der Waals surface area contributed by atoms with Crippen LogP contribution in [-0.4, -0.2) is 14.4 Å². The summed E-state index contributed by atoms with van der Waals surface area (Å²) >= 11 is 12.6. The van der Waals surface area contributed by atoms with Gasteiger partial charge in [-0.15, -0.1) is 11.6 Å². The van der Waals surface area contributed by atoms with Gasteiger partial charge in [0.05, 0.1) is 21.9 Å². The number of halogens is 2. The van der Waals surface area contributed by atoms with E-state index in [4.69, 9.17) is 23.2 Å². The molecule has 0 bridgehead atoms. The molecule has 0 amide bonds. The van der Waals surface area contributed by atoms with Crippen LogP contribution in [0.25, 0.3) is 5.70 Å². The van der Waals surface area contributed by atoms with Gasteiger partial charge in [-0.1, -0.05) is 17.7 Å². The van der Waals surface area contributed by atoms with E-state index in [0.717, 1.165) is 17.8 Å². The third-order valence-corrected chi connectivity index (χ3v) is 3.19. The highest BCUT2D eigenvalue weighted by molar-refractivity contribution is 6.38. The molecular weight excluding hydrogens is 231 g/mol. The standard InChI is InChI=1S/C11H12Cl2N2/c1-8-6-14-7-15(8)10-9(12)4-3-5-11(10,2)13/h3-4,6-7H,5H2,1-2H3. The zero-order chi connectivity index (χ0) is 11.1. The summed E-state index contributed by atoms with van der Waals surface area (Å²) < 4.78 is 1.94. The molecule has 15 heavy (non-hydrogen) atoms. The van der Waals surface area contributed by atoms with Crippen molar-refractivity contribution in [3.05, 3.63) is 35.4 Å². The van der Waals surface area contributed by atoms with Crippen LogP contribution < -0.4 is 0 Å². The molecule has 0 aliphatic heterocycles. The lowest BCUT2D eigenvalue weighted by molar-refractivity contribution is 0.745. The average Bonchev–Trinajstić information content (AvgIpc) is 2.50. The van der Waals surface area contributed by atoms with Crippen LogP contribution in [0.15, 0.2) is 29.7 Å². The molecule has 0 fully saturated rings. The maximum Gasteiger partial charge on any atom is 0.0992 e. The number of rotatable bonds is 1. The lowest BCUT2D eigenvalue weighted by Gasteiger charge is -2.29. The number of allylic oxidation sites excluding steroid dienone is 4. The molecule has 0 saturated carbocycles. The van der Waals surface area contributed by atoms with Crippen LogP contribution in [0.5, 0.6) is 0 Å². The van der Waals surface area contributed by atoms with E-state index in [1.165, 1.54) is 0 Å². The highest BCUT2D eigenvalue weighted by Gasteiger charge is 2.31. The van der Waals surface area contributed by atoms with E-state index in [1.54, 1.807) is 12.5 Å². The van der Waals surface area contributed by atoms with E-state index < -0.39 is 4.87 Å². The SMILES string of the molecule is Cc1cncn1C1=C(Cl)C=CCC1(C)Cl. The summed E-state index contributed by atoms with van der Waals surface area (Å²) in [7, 11) is 0. The van der Waals surface area contributed by atoms with Gasteiger partial charge >= 0.3 is 0 Å². The summed E-state index contributed by atoms with van der Waals surface area (Å²) in [6, 6.07) is 0. The van der Waals surface area contributed by atoms with Crippen molar-refractivity contribution in [1.29, 1.82) is 0 Å². The Hall–Kier alpha value is -0.730. The van der Waals surface area contributed by atoms with Crippen molar-refractivity contribution in [3.63, 3.8) is 0 Å². The molecule has 1 aromatic heterocycles. The zero-order valence-corrected chi connectivity index (χ0v) is 10.2. The quantitative estimate of drug-likeness (QED) is 0.689. The zero-order valence-electron chi connectivity index (χ0n) is 8.67. The van der Waals surface area contributed by atoms with Crippen molar-refractivity contribution in [2.24, 2.45) is 0 Å². The number of hydrogen-bond acceptors (Lipinski definition) is 1. The van der Waals surface area contributed by atoms with Gasteiger partial charge in [-0.25, -0.2) is 4.98 Å². The van der Waals surface area contributed by atoms with Crippen molar-refractivity contribution >= 4 is 28.9 Å². The number of alkyl halides is 1. The normalized spacial score (nSPS) is 26.1. The molecule has 0 radical (unpaired) electrons. The summed E-state index contributed by atoms with van der Waals surface area (Å²) in [4.78, 5) is 3.62. The van der Waals surface area contributed by atoms with E-state index in [2.05, 4.69) is 4.98 Å². The molecule has 1 heterocycles. The predicted octanol–water partition coefficient (Wildman–Crippen LogP) is 3.56. The van der Waals surface area contributed by atoms with Crippen LogP contribution >= 0.6 is 23.2 Å². The van der Waals surface area contributed by atoms with E-state index in [9.17, 15) is 0 Å². The van der Waals surface area contributed by atoms with Gasteiger partial charge in [0.2, 0.25) is 0 Å². The fourth-order valence-corrected chi connectivity index (χ4v) is 2.49. The number of aryl methyl sites for hydroxylation is 1. The number of imidazole rings is 1. The summed E-state index contributed by atoms with van der Waals surface area (Å²) in [5.74, 6) is 0. The van der Waals surface area contributed by atoms with Crippen molar-refractivity contribution in [1.82, 2.24) is 9.55 Å². The third kappa shape index (κ3) is 1.84. The van der Waals surface area contributed by atoms with Gasteiger partial charge in [0.25, 0.3) is 0 Å². The molecule has 0 N–H and O–H groups in total. The summed E-state index contributed by atoms with van der Waals surface area (Å²) in [5, 5.41) is 0.680. The lowest BCUT2D eigenvalue weighted by atomic mass is 9.97. The fraction of sp³-hybridized carbons (Fsp3) is 0.364. The largest absolute Gasteiger partial charge is 0.304 e. The monoisotopic (exact) mass is 242 g/mol. The van der Waals surface area contributed by atoms with Gasteiger partial charge < -0.3 is 4.57 Å². The van der Waals surface area contributed by atoms with Gasteiger partial charge in [-0.05, 0) is 26.3 Å². The van der Waals surface area contributed by atoms with E-state index in [1.807, 2.05) is 30.6 Å². The second kappa shape index (κ2) is 3.69. The minimum absolute atomic E-state index is 0.461. The van der Waals surface area contributed by atoms with Gasteiger partial charge in [0.1, 0.15) is 0 Å². The van der Waals surface area contributed by atoms with Crippen molar-refractivity contribution in [2.75, 3.05) is 0 Å². The van der Waals surface area contributed by atoms with E-state index in [-0.39, 0.29) is 0 Å². The Morgan fingerprint density at radius 3 is 2.80 bits per heavy atom. The van der Waals surface area contributed by atoms with Gasteiger partial charge in [0, 0.05) is 11.9 Å². The Balaban J connectivity index is 2.59. The smallest absolute Gasteiger partial charge is 0.0992 e. The van der Waals surface area contributed by atoms with Crippen LogP contribution in [0.1, 0.15) is 19.0 Å². The molecule has 0 spiro atoms. The summed E-state index contributed by atoms with van der Waals surface area (Å²) in [6.45, 7) is 3.95. The lowest BCUT2D eigenvalue weighted by Crippen LogP contribution is -2.25. The van der Waals surface area contributed by atoms with E-state index in [0.29, 0.717) is 5.03 Å². The maximum absolute atomic E-state index is 6.45. The number of hydrogen-bond donors (Lipinski definition) is 0. The molecule has 0 aromatic carbocycles. The molecule has 0 saturated heterocycles. The fourth-order valence-electron chi connectivity index (χ4n) is 1.77. The first-order chi connectivity index (χ1) is 7.02. The Kier molecular flexibility index (Phi) is 2.65. The number of aromatic nitrogens is 2. The second-order valence-electron chi connectivity index (χ2n) is 3.91. The molecule has 1 unspecified atom stereocenters. The van der Waals surface area contributed by atoms with Crippen molar-refractivity contribution in [2.45, 2.75) is 25.1 Å². The molecule has 1 aliphatic rings. The molecular formula is C11H12Cl2N2. The first-order valence-electron chi connectivity index (χ1n) is 4.77. The molecule has 2 rings (SSSR count). The van der Waals surface area contributed by atoms with Gasteiger partial charge in [-0.2, -0.15) is 0 Å². The predicted molar refractivity (Wildman–Crippen MR) is 64.0 cm³/mol. The van der Waals surface area contributed by atoms with Crippen molar-refractivity contribution < 1.29 is 0 Å². The Labute approximate surface area is 99.2 Å². The highest BCUT2D eigenvalue weighted by Crippen LogP contribution is 2.39. The summed E-state index contributed by atoms with van der Waals surface area (Å²) in [5.41, 5.74) is 1.94. The van der Waals surface area contributed by atoms with E-state index >= 15 is 0 Å². The van der Waals surface area contributed by atoms with Crippen LogP contribution in [0, 0.1) is 6.92 Å². The van der Waals surface area contributed by atoms with Gasteiger partial charge in [-0.3, -0.25) is 0 Å². The maximum atomic E-state index is 6.45. The van der Waals surface area contributed by atoms with Crippen LogP contribution in [0.4, 0.5) is 0 Å².